The molecular formula is C11H16FNO2. The van der Waals surface area contributed by atoms with Gasteiger partial charge in [0.25, 0.3) is 0 Å². The molecule has 0 fully saturated rings. The predicted octanol–water partition coefficient (Wildman–Crippen LogP) is 1.61. The Kier molecular flexibility index (Phi) is 4.05. The normalized spacial score (nSPS) is 14.7. The van der Waals surface area contributed by atoms with Crippen molar-refractivity contribution >= 4 is 0 Å². The van der Waals surface area contributed by atoms with Crippen LogP contribution in [0.15, 0.2) is 18.2 Å². The number of aliphatic hydroxyl groups is 1. The molecule has 0 aliphatic carbocycles. The summed E-state index contributed by atoms with van der Waals surface area (Å²) in [6.07, 6.45) is -0.297. The minimum absolute atomic E-state index is 0.231. The zero-order chi connectivity index (χ0) is 11.4. The van der Waals surface area contributed by atoms with E-state index in [2.05, 4.69) is 0 Å². The minimum atomic E-state index is -0.768. The molecule has 0 amide bonds. The minimum Gasteiger partial charge on any atom is -0.496 e. The van der Waals surface area contributed by atoms with Crippen molar-refractivity contribution in [1.29, 1.82) is 0 Å². The first-order valence-electron chi connectivity index (χ1n) is 4.87. The van der Waals surface area contributed by atoms with Crippen LogP contribution in [0.5, 0.6) is 5.75 Å². The summed E-state index contributed by atoms with van der Waals surface area (Å²) in [6.45, 7) is 1.79. The highest BCUT2D eigenvalue weighted by Crippen LogP contribution is 2.28. The molecule has 3 N–H and O–H groups in total. The van der Waals surface area contributed by atoms with E-state index in [1.807, 2.05) is 0 Å². The maximum atomic E-state index is 13.5. The van der Waals surface area contributed by atoms with Crippen LogP contribution in [0, 0.1) is 5.82 Å². The lowest BCUT2D eigenvalue weighted by Crippen LogP contribution is -2.26. The number of nitrogens with two attached hydrogens (primary N) is 1. The first-order valence-corrected chi connectivity index (χ1v) is 4.87. The van der Waals surface area contributed by atoms with Crippen molar-refractivity contribution in [3.8, 4) is 5.75 Å². The molecule has 0 aliphatic rings. The van der Waals surface area contributed by atoms with Gasteiger partial charge >= 0.3 is 0 Å². The molecule has 0 radical (unpaired) electrons. The fraction of sp³-hybridized carbons (Fsp3) is 0.455. The van der Waals surface area contributed by atoms with E-state index in [1.54, 1.807) is 19.1 Å². The van der Waals surface area contributed by atoms with Crippen molar-refractivity contribution in [2.45, 2.75) is 25.5 Å². The highest BCUT2D eigenvalue weighted by molar-refractivity contribution is 5.37. The highest BCUT2D eigenvalue weighted by atomic mass is 19.1. The number of ether oxygens (including phenoxy) is 1. The van der Waals surface area contributed by atoms with Crippen molar-refractivity contribution in [2.75, 3.05) is 7.11 Å². The van der Waals surface area contributed by atoms with Crippen molar-refractivity contribution in [3.63, 3.8) is 0 Å². The molecule has 0 heterocycles. The molecule has 3 nitrogen and oxygen atoms in total. The van der Waals surface area contributed by atoms with Gasteiger partial charge in [0.1, 0.15) is 11.6 Å². The van der Waals surface area contributed by atoms with Crippen molar-refractivity contribution in [3.05, 3.63) is 29.6 Å². The van der Waals surface area contributed by atoms with Gasteiger partial charge in [-0.2, -0.15) is 0 Å². The highest BCUT2D eigenvalue weighted by Gasteiger charge is 2.22. The third-order valence-electron chi connectivity index (χ3n) is 2.40. The number of hydrogen-bond donors (Lipinski definition) is 2. The van der Waals surface area contributed by atoms with E-state index in [0.717, 1.165) is 0 Å². The van der Waals surface area contributed by atoms with Gasteiger partial charge in [-0.15, -0.1) is 0 Å². The Labute approximate surface area is 88.7 Å². The number of methoxy groups -OCH3 is 1. The summed E-state index contributed by atoms with van der Waals surface area (Å²) in [5.41, 5.74) is 5.99. The maximum Gasteiger partial charge on any atom is 0.131 e. The first-order chi connectivity index (χ1) is 7.11. The summed E-state index contributed by atoms with van der Waals surface area (Å²) in [4.78, 5) is 0. The zero-order valence-electron chi connectivity index (χ0n) is 8.90. The van der Waals surface area contributed by atoms with Crippen LogP contribution in [0.2, 0.25) is 0 Å². The number of rotatable bonds is 4. The molecule has 84 valence electrons. The Hall–Kier alpha value is -1.13. The van der Waals surface area contributed by atoms with Gasteiger partial charge in [0.15, 0.2) is 0 Å². The van der Waals surface area contributed by atoms with Crippen LogP contribution >= 0.6 is 0 Å². The summed E-state index contributed by atoms with van der Waals surface area (Å²) in [5.74, 6) is -0.0793. The van der Waals surface area contributed by atoms with Crippen LogP contribution in [0.3, 0.4) is 0 Å². The number of benzene rings is 1. The largest absolute Gasteiger partial charge is 0.496 e. The number of halogens is 1. The van der Waals surface area contributed by atoms with Gasteiger partial charge in [-0.3, -0.25) is 0 Å². The third kappa shape index (κ3) is 2.46. The lowest BCUT2D eigenvalue weighted by molar-refractivity contribution is 0.137. The van der Waals surface area contributed by atoms with Crippen LogP contribution < -0.4 is 10.5 Å². The summed E-state index contributed by atoms with van der Waals surface area (Å²) < 4.78 is 18.5. The number of aliphatic hydroxyl groups excluding tert-OH is 1. The molecule has 0 saturated heterocycles. The van der Waals surface area contributed by atoms with Gasteiger partial charge in [-0.25, -0.2) is 4.39 Å². The molecule has 1 aromatic carbocycles. The topological polar surface area (TPSA) is 55.5 Å². The van der Waals surface area contributed by atoms with Gasteiger partial charge in [-0.1, -0.05) is 13.0 Å². The summed E-state index contributed by atoms with van der Waals surface area (Å²) in [6, 6.07) is 3.72. The van der Waals surface area contributed by atoms with Gasteiger partial charge in [0.05, 0.1) is 19.3 Å². The van der Waals surface area contributed by atoms with Crippen LogP contribution in [0.4, 0.5) is 4.39 Å². The van der Waals surface area contributed by atoms with Crippen LogP contribution in [0.25, 0.3) is 0 Å². The molecule has 1 rings (SSSR count). The van der Waals surface area contributed by atoms with Gasteiger partial charge in [0, 0.05) is 5.56 Å². The van der Waals surface area contributed by atoms with E-state index in [4.69, 9.17) is 10.5 Å². The van der Waals surface area contributed by atoms with E-state index in [1.165, 1.54) is 13.2 Å². The molecule has 0 spiro atoms. The lowest BCUT2D eigenvalue weighted by atomic mass is 9.99. The molecule has 2 atom stereocenters. The fourth-order valence-electron chi connectivity index (χ4n) is 1.47. The average Bonchev–Trinajstić information content (AvgIpc) is 2.26. The zero-order valence-corrected chi connectivity index (χ0v) is 8.90. The SMILES string of the molecule is CC[C@@H](O)[C@@H](N)c1c(F)cccc1OC. The molecule has 0 saturated carbocycles. The fourth-order valence-corrected chi connectivity index (χ4v) is 1.47. The van der Waals surface area contributed by atoms with E-state index in [0.29, 0.717) is 12.2 Å². The molecular weight excluding hydrogens is 197 g/mol. The Morgan fingerprint density at radius 3 is 2.73 bits per heavy atom. The van der Waals surface area contributed by atoms with Crippen molar-refractivity contribution in [1.82, 2.24) is 0 Å². The Morgan fingerprint density at radius 1 is 1.53 bits per heavy atom. The monoisotopic (exact) mass is 213 g/mol. The third-order valence-corrected chi connectivity index (χ3v) is 2.40. The quantitative estimate of drug-likeness (QED) is 0.798. The Bertz CT molecular complexity index is 330. The summed E-state index contributed by atoms with van der Waals surface area (Å²) in [7, 11) is 1.45. The standard InChI is InChI=1S/C11H16FNO2/c1-3-8(14)11(13)10-7(12)5-4-6-9(10)15-2/h4-6,8,11,14H,3,13H2,1-2H3/t8-,11-/m1/s1. The molecule has 0 aromatic heterocycles. The molecule has 1 aromatic rings. The Balaban J connectivity index is 3.10. The van der Waals surface area contributed by atoms with Crippen molar-refractivity contribution < 1.29 is 14.2 Å². The van der Waals surface area contributed by atoms with Crippen LogP contribution in [-0.4, -0.2) is 18.3 Å². The predicted molar refractivity (Wildman–Crippen MR) is 56.2 cm³/mol. The van der Waals surface area contributed by atoms with E-state index < -0.39 is 18.0 Å². The van der Waals surface area contributed by atoms with Gasteiger partial charge in [0.2, 0.25) is 0 Å². The van der Waals surface area contributed by atoms with Crippen LogP contribution in [-0.2, 0) is 0 Å². The summed E-state index contributed by atoms with van der Waals surface area (Å²) >= 11 is 0. The maximum absolute atomic E-state index is 13.5. The molecule has 0 aliphatic heterocycles. The van der Waals surface area contributed by atoms with Crippen LogP contribution in [0.1, 0.15) is 24.9 Å². The number of hydrogen-bond acceptors (Lipinski definition) is 3. The molecule has 4 heteroatoms. The van der Waals surface area contributed by atoms with E-state index >= 15 is 0 Å². The summed E-state index contributed by atoms with van der Waals surface area (Å²) in [5, 5.41) is 9.58. The smallest absolute Gasteiger partial charge is 0.131 e. The lowest BCUT2D eigenvalue weighted by Gasteiger charge is -2.20. The second-order valence-electron chi connectivity index (χ2n) is 3.36. The van der Waals surface area contributed by atoms with E-state index in [-0.39, 0.29) is 5.56 Å². The average molecular weight is 213 g/mol. The Morgan fingerprint density at radius 2 is 2.20 bits per heavy atom. The molecule has 0 unspecified atom stereocenters. The van der Waals surface area contributed by atoms with E-state index in [9.17, 15) is 9.50 Å². The first kappa shape index (κ1) is 11.9. The molecule has 0 bridgehead atoms. The van der Waals surface area contributed by atoms with Gasteiger partial charge in [-0.05, 0) is 18.6 Å². The second kappa shape index (κ2) is 5.09. The van der Waals surface area contributed by atoms with Gasteiger partial charge < -0.3 is 15.6 Å². The molecule has 15 heavy (non-hydrogen) atoms. The van der Waals surface area contributed by atoms with Crippen molar-refractivity contribution in [2.24, 2.45) is 5.73 Å². The second-order valence-corrected chi connectivity index (χ2v) is 3.36.